The molecule has 0 fully saturated rings. The van der Waals surface area contributed by atoms with Gasteiger partial charge in [-0.25, -0.2) is 0 Å². The third-order valence-corrected chi connectivity index (χ3v) is 4.19. The van der Waals surface area contributed by atoms with Gasteiger partial charge in [-0.15, -0.1) is 16.4 Å². The molecule has 0 bridgehead atoms. The number of carbonyl (C=O) groups excluding carboxylic acids is 1. The maximum absolute atomic E-state index is 11.9. The zero-order valence-corrected chi connectivity index (χ0v) is 11.3. The molecule has 0 saturated heterocycles. The highest BCUT2D eigenvalue weighted by Crippen LogP contribution is 2.31. The van der Waals surface area contributed by atoms with Crippen LogP contribution in [0, 0.1) is 0 Å². The first-order valence-electron chi connectivity index (χ1n) is 5.17. The van der Waals surface area contributed by atoms with Crippen molar-refractivity contribution in [2.45, 2.75) is 0 Å². The molecule has 1 amide bonds. The topological polar surface area (TPSA) is 98.0 Å². The average molecular weight is 284 g/mol. The largest absolute Gasteiger partial charge is 0.397 e. The van der Waals surface area contributed by atoms with E-state index in [2.05, 4.69) is 15.5 Å². The van der Waals surface area contributed by atoms with Crippen LogP contribution in [0.2, 0.25) is 0 Å². The van der Waals surface area contributed by atoms with Crippen molar-refractivity contribution < 1.29 is 9.00 Å². The molecule has 0 aliphatic rings. The SMILES string of the molecule is CS(=O)CCNC(=O)c1sc2nnccc2c1N. The monoisotopic (exact) mass is 284 g/mol. The number of nitrogens with zero attached hydrogens (tertiary/aromatic N) is 2. The lowest BCUT2D eigenvalue weighted by atomic mass is 10.3. The van der Waals surface area contributed by atoms with Crippen molar-refractivity contribution in [1.29, 1.82) is 0 Å². The summed E-state index contributed by atoms with van der Waals surface area (Å²) in [6.45, 7) is 0.362. The van der Waals surface area contributed by atoms with Gasteiger partial charge in [0, 0.05) is 34.7 Å². The second-order valence-corrected chi connectivity index (χ2v) is 6.18. The standard InChI is InChI=1S/C10H12N4O2S2/c1-18(16)5-4-12-9(15)8-7(11)6-2-3-13-14-10(6)17-8/h2-3H,4-5,11H2,1H3,(H,12,15). The lowest BCUT2D eigenvalue weighted by Gasteiger charge is -2.02. The minimum absolute atomic E-state index is 0.263. The molecule has 96 valence electrons. The number of nitrogens with two attached hydrogens (primary N) is 1. The lowest BCUT2D eigenvalue weighted by Crippen LogP contribution is -2.27. The molecule has 0 aliphatic carbocycles. The number of rotatable bonds is 4. The number of aromatic nitrogens is 2. The van der Waals surface area contributed by atoms with E-state index >= 15 is 0 Å². The molecule has 18 heavy (non-hydrogen) atoms. The van der Waals surface area contributed by atoms with Gasteiger partial charge in [-0.2, -0.15) is 5.10 Å². The van der Waals surface area contributed by atoms with Crippen molar-refractivity contribution in [3.05, 3.63) is 17.1 Å². The molecule has 8 heteroatoms. The number of amides is 1. The summed E-state index contributed by atoms with van der Waals surface area (Å²) in [7, 11) is -0.923. The van der Waals surface area contributed by atoms with E-state index in [1.807, 2.05) is 0 Å². The Kier molecular flexibility index (Phi) is 3.87. The quantitative estimate of drug-likeness (QED) is 0.846. The molecule has 0 aliphatic heterocycles. The highest BCUT2D eigenvalue weighted by molar-refractivity contribution is 7.84. The molecule has 0 aromatic carbocycles. The van der Waals surface area contributed by atoms with Gasteiger partial charge in [-0.1, -0.05) is 0 Å². The lowest BCUT2D eigenvalue weighted by molar-refractivity contribution is 0.0961. The summed E-state index contributed by atoms with van der Waals surface area (Å²) in [5, 5.41) is 11.1. The minimum Gasteiger partial charge on any atom is -0.397 e. The Balaban J connectivity index is 2.17. The van der Waals surface area contributed by atoms with Gasteiger partial charge in [-0.3, -0.25) is 9.00 Å². The third kappa shape index (κ3) is 2.65. The van der Waals surface area contributed by atoms with Gasteiger partial charge >= 0.3 is 0 Å². The molecule has 3 N–H and O–H groups in total. The second kappa shape index (κ2) is 5.40. The highest BCUT2D eigenvalue weighted by atomic mass is 32.2. The zero-order chi connectivity index (χ0) is 13.1. The van der Waals surface area contributed by atoms with Crippen LogP contribution in [0.4, 0.5) is 5.69 Å². The first-order chi connectivity index (χ1) is 8.59. The Bertz CT molecular complexity index is 611. The van der Waals surface area contributed by atoms with Crippen LogP contribution in [-0.4, -0.2) is 38.9 Å². The Labute approximate surface area is 110 Å². The van der Waals surface area contributed by atoms with E-state index in [4.69, 9.17) is 5.73 Å². The number of anilines is 1. The number of fused-ring (bicyclic) bond motifs is 1. The minimum atomic E-state index is -0.923. The molecule has 2 rings (SSSR count). The summed E-state index contributed by atoms with van der Waals surface area (Å²) in [6.07, 6.45) is 3.13. The predicted molar refractivity (Wildman–Crippen MR) is 73.1 cm³/mol. The molecule has 6 nitrogen and oxygen atoms in total. The van der Waals surface area contributed by atoms with Crippen LogP contribution in [0.1, 0.15) is 9.67 Å². The van der Waals surface area contributed by atoms with E-state index in [0.717, 1.165) is 5.39 Å². The van der Waals surface area contributed by atoms with Gasteiger partial charge in [0.15, 0.2) is 0 Å². The van der Waals surface area contributed by atoms with Crippen LogP contribution >= 0.6 is 11.3 Å². The van der Waals surface area contributed by atoms with E-state index in [9.17, 15) is 9.00 Å². The van der Waals surface area contributed by atoms with Gasteiger partial charge in [0.2, 0.25) is 0 Å². The number of nitrogens with one attached hydrogen (secondary N) is 1. The van der Waals surface area contributed by atoms with E-state index in [0.29, 0.717) is 27.7 Å². The summed E-state index contributed by atoms with van der Waals surface area (Å²) in [5.74, 6) is 0.164. The summed E-state index contributed by atoms with van der Waals surface area (Å²) in [6, 6.07) is 1.73. The molecule has 2 aromatic heterocycles. The molecule has 1 unspecified atom stereocenters. The van der Waals surface area contributed by atoms with Crippen molar-refractivity contribution in [1.82, 2.24) is 15.5 Å². The molecule has 2 heterocycles. The Hall–Kier alpha value is -1.54. The van der Waals surface area contributed by atoms with Crippen molar-refractivity contribution in [2.24, 2.45) is 0 Å². The average Bonchev–Trinajstić information content (AvgIpc) is 2.67. The number of thiophene rings is 1. The maximum atomic E-state index is 11.9. The van der Waals surface area contributed by atoms with Crippen molar-refractivity contribution in [3.63, 3.8) is 0 Å². The van der Waals surface area contributed by atoms with E-state index < -0.39 is 10.8 Å². The van der Waals surface area contributed by atoms with Crippen LogP contribution in [0.15, 0.2) is 12.3 Å². The van der Waals surface area contributed by atoms with Gasteiger partial charge in [-0.05, 0) is 6.07 Å². The Morgan fingerprint density at radius 1 is 1.61 bits per heavy atom. The van der Waals surface area contributed by atoms with Crippen LogP contribution < -0.4 is 11.1 Å². The molecule has 0 radical (unpaired) electrons. The Morgan fingerprint density at radius 2 is 2.39 bits per heavy atom. The summed E-state index contributed by atoms with van der Waals surface area (Å²) in [4.78, 5) is 13.0. The smallest absolute Gasteiger partial charge is 0.263 e. The van der Waals surface area contributed by atoms with Gasteiger partial charge in [0.1, 0.15) is 9.71 Å². The highest BCUT2D eigenvalue weighted by Gasteiger charge is 2.16. The molecular weight excluding hydrogens is 272 g/mol. The van der Waals surface area contributed by atoms with Gasteiger partial charge < -0.3 is 11.1 Å². The van der Waals surface area contributed by atoms with Gasteiger partial charge in [0.05, 0.1) is 11.9 Å². The van der Waals surface area contributed by atoms with Crippen LogP contribution in [0.5, 0.6) is 0 Å². The van der Waals surface area contributed by atoms with Crippen molar-refractivity contribution >= 4 is 43.9 Å². The fourth-order valence-corrected chi connectivity index (χ4v) is 2.77. The number of nitrogen functional groups attached to an aromatic ring is 1. The number of hydrogen-bond acceptors (Lipinski definition) is 6. The summed E-state index contributed by atoms with van der Waals surface area (Å²) in [5.41, 5.74) is 6.31. The van der Waals surface area contributed by atoms with Crippen molar-refractivity contribution in [3.8, 4) is 0 Å². The fourth-order valence-electron chi connectivity index (χ4n) is 1.43. The number of hydrogen-bond donors (Lipinski definition) is 2. The van der Waals surface area contributed by atoms with E-state index in [-0.39, 0.29) is 5.91 Å². The van der Waals surface area contributed by atoms with E-state index in [1.165, 1.54) is 17.5 Å². The maximum Gasteiger partial charge on any atom is 0.263 e. The summed E-state index contributed by atoms with van der Waals surface area (Å²) < 4.78 is 10.9. The fraction of sp³-hybridized carbons (Fsp3) is 0.300. The second-order valence-electron chi connectivity index (χ2n) is 3.63. The molecule has 0 spiro atoms. The normalized spacial score (nSPS) is 12.5. The van der Waals surface area contributed by atoms with Crippen LogP contribution in [0.25, 0.3) is 10.2 Å². The third-order valence-electron chi connectivity index (χ3n) is 2.30. The van der Waals surface area contributed by atoms with Crippen molar-refractivity contribution in [2.75, 3.05) is 24.3 Å². The molecule has 2 aromatic rings. The molecule has 0 saturated carbocycles. The predicted octanol–water partition coefficient (Wildman–Crippen LogP) is 0.382. The number of carbonyl (C=O) groups is 1. The first-order valence-corrected chi connectivity index (χ1v) is 7.72. The van der Waals surface area contributed by atoms with Crippen LogP contribution in [-0.2, 0) is 10.8 Å². The zero-order valence-electron chi connectivity index (χ0n) is 9.67. The van der Waals surface area contributed by atoms with Crippen LogP contribution in [0.3, 0.4) is 0 Å². The first kappa shape index (κ1) is 12.9. The van der Waals surface area contributed by atoms with E-state index in [1.54, 1.807) is 12.3 Å². The summed E-state index contributed by atoms with van der Waals surface area (Å²) >= 11 is 1.20. The molecular formula is C10H12N4O2S2. The molecule has 1 atom stereocenters. The Morgan fingerprint density at radius 3 is 3.06 bits per heavy atom. The van der Waals surface area contributed by atoms with Gasteiger partial charge in [0.25, 0.3) is 5.91 Å².